The number of hydrogen-bond acceptors (Lipinski definition) is 3. The molecule has 0 radical (unpaired) electrons. The zero-order valence-electron chi connectivity index (χ0n) is 8.89. The van der Waals surface area contributed by atoms with Gasteiger partial charge in [0, 0.05) is 22.3 Å². The minimum atomic E-state index is 0.687. The van der Waals surface area contributed by atoms with Crippen LogP contribution >= 0.6 is 27.7 Å². The Balaban J connectivity index is 2.15. The average Bonchev–Trinajstić information content (AvgIpc) is 2.89. The van der Waals surface area contributed by atoms with Crippen LogP contribution < -0.4 is 0 Å². The molecule has 0 aliphatic carbocycles. The minimum Gasteiger partial charge on any atom is -0.315 e. The number of nitrogens with zero attached hydrogens (tertiary/aromatic N) is 2. The average molecular weight is 309 g/mol. The summed E-state index contributed by atoms with van der Waals surface area (Å²) in [5.41, 5.74) is 2.46. The smallest absolute Gasteiger partial charge is 0.169 e. The molecule has 0 amide bonds. The number of hydrogen-bond donors (Lipinski definition) is 0. The monoisotopic (exact) mass is 308 g/mol. The van der Waals surface area contributed by atoms with E-state index in [0.29, 0.717) is 5.69 Å². The van der Waals surface area contributed by atoms with E-state index >= 15 is 0 Å². The second-order valence-electron chi connectivity index (χ2n) is 3.75. The van der Waals surface area contributed by atoms with Gasteiger partial charge in [-0.15, -0.1) is 0 Å². The SMILES string of the molecule is O=Cc1c(-c2ccc(Br)cc2)nc2n1CCS2. The first-order valence-corrected chi connectivity index (χ1v) is 7.02. The van der Waals surface area contributed by atoms with Gasteiger partial charge in [-0.1, -0.05) is 39.8 Å². The van der Waals surface area contributed by atoms with Crippen molar-refractivity contribution in [3.8, 4) is 11.3 Å². The summed E-state index contributed by atoms with van der Waals surface area (Å²) in [6, 6.07) is 7.86. The van der Waals surface area contributed by atoms with Gasteiger partial charge in [0.15, 0.2) is 11.4 Å². The van der Waals surface area contributed by atoms with E-state index in [1.165, 1.54) is 0 Å². The van der Waals surface area contributed by atoms with Gasteiger partial charge < -0.3 is 4.57 Å². The molecule has 3 rings (SSSR count). The van der Waals surface area contributed by atoms with E-state index < -0.39 is 0 Å². The third-order valence-electron chi connectivity index (χ3n) is 2.75. The van der Waals surface area contributed by atoms with Gasteiger partial charge >= 0.3 is 0 Å². The molecule has 0 saturated heterocycles. The van der Waals surface area contributed by atoms with Crippen molar-refractivity contribution in [3.63, 3.8) is 0 Å². The standard InChI is InChI=1S/C12H9BrN2OS/c13-9-3-1-8(2-4-9)11-10(7-16)15-5-6-17-12(15)14-11/h1-4,7H,5-6H2. The number of imidazole rings is 1. The van der Waals surface area contributed by atoms with Crippen LogP contribution in [0, 0.1) is 0 Å². The molecular weight excluding hydrogens is 300 g/mol. The third kappa shape index (κ3) is 1.83. The van der Waals surface area contributed by atoms with Crippen molar-refractivity contribution in [1.29, 1.82) is 0 Å². The lowest BCUT2D eigenvalue weighted by Crippen LogP contribution is -1.99. The molecule has 0 fully saturated rings. The Hall–Kier alpha value is -1.07. The largest absolute Gasteiger partial charge is 0.315 e. The number of carbonyl (C=O) groups excluding carboxylic acids is 1. The van der Waals surface area contributed by atoms with Crippen LogP contribution in [0.3, 0.4) is 0 Å². The molecule has 1 aliphatic heterocycles. The predicted octanol–water partition coefficient (Wildman–Crippen LogP) is 3.23. The number of thioether (sulfide) groups is 1. The van der Waals surface area contributed by atoms with E-state index in [2.05, 4.69) is 20.9 Å². The van der Waals surface area contributed by atoms with Crippen molar-refractivity contribution >= 4 is 34.0 Å². The lowest BCUT2D eigenvalue weighted by Gasteiger charge is -2.01. The Morgan fingerprint density at radius 1 is 1.35 bits per heavy atom. The molecule has 0 N–H and O–H groups in total. The Morgan fingerprint density at radius 3 is 2.82 bits per heavy atom. The first-order chi connectivity index (χ1) is 8.29. The van der Waals surface area contributed by atoms with Gasteiger partial charge in [-0.2, -0.15) is 0 Å². The van der Waals surface area contributed by atoms with E-state index in [1.807, 2.05) is 28.8 Å². The summed E-state index contributed by atoms with van der Waals surface area (Å²) >= 11 is 5.10. The lowest BCUT2D eigenvalue weighted by atomic mass is 10.1. The van der Waals surface area contributed by atoms with Gasteiger partial charge in [-0.25, -0.2) is 4.98 Å². The molecule has 0 atom stereocenters. The van der Waals surface area contributed by atoms with Crippen molar-refractivity contribution in [2.45, 2.75) is 11.7 Å². The van der Waals surface area contributed by atoms with Crippen LogP contribution in [0.2, 0.25) is 0 Å². The Morgan fingerprint density at radius 2 is 2.12 bits per heavy atom. The Bertz CT molecular complexity index is 577. The van der Waals surface area contributed by atoms with E-state index in [-0.39, 0.29) is 0 Å². The first-order valence-electron chi connectivity index (χ1n) is 5.24. The molecule has 5 heteroatoms. The molecule has 1 aromatic heterocycles. The fourth-order valence-electron chi connectivity index (χ4n) is 1.94. The van der Waals surface area contributed by atoms with Crippen molar-refractivity contribution in [2.75, 3.05) is 5.75 Å². The van der Waals surface area contributed by atoms with Crippen LogP contribution in [-0.4, -0.2) is 21.6 Å². The number of benzene rings is 1. The molecule has 0 spiro atoms. The van der Waals surface area contributed by atoms with Crippen LogP contribution in [0.4, 0.5) is 0 Å². The number of aromatic nitrogens is 2. The molecule has 1 aromatic carbocycles. The van der Waals surface area contributed by atoms with Gasteiger partial charge in [-0.3, -0.25) is 4.79 Å². The van der Waals surface area contributed by atoms with Gasteiger partial charge in [0.1, 0.15) is 11.4 Å². The van der Waals surface area contributed by atoms with Gasteiger partial charge in [0.2, 0.25) is 0 Å². The summed E-state index contributed by atoms with van der Waals surface area (Å²) in [6.45, 7) is 0.873. The quantitative estimate of drug-likeness (QED) is 0.799. The maximum absolute atomic E-state index is 11.2. The fraction of sp³-hybridized carbons (Fsp3) is 0.167. The molecule has 1 aliphatic rings. The molecule has 0 unspecified atom stereocenters. The van der Waals surface area contributed by atoms with Crippen molar-refractivity contribution in [2.24, 2.45) is 0 Å². The summed E-state index contributed by atoms with van der Waals surface area (Å²) in [5.74, 6) is 1.00. The van der Waals surface area contributed by atoms with Crippen molar-refractivity contribution < 1.29 is 4.79 Å². The number of fused-ring (bicyclic) bond motifs is 1. The molecule has 2 aromatic rings. The van der Waals surface area contributed by atoms with Gasteiger partial charge in [-0.05, 0) is 12.1 Å². The van der Waals surface area contributed by atoms with Crippen LogP contribution in [-0.2, 0) is 6.54 Å². The maximum atomic E-state index is 11.2. The number of aldehydes is 1. The molecule has 86 valence electrons. The zero-order valence-corrected chi connectivity index (χ0v) is 11.3. The molecule has 0 bridgehead atoms. The fourth-order valence-corrected chi connectivity index (χ4v) is 3.16. The van der Waals surface area contributed by atoms with E-state index in [0.717, 1.165) is 39.5 Å². The maximum Gasteiger partial charge on any atom is 0.169 e. The molecule has 2 heterocycles. The summed E-state index contributed by atoms with van der Waals surface area (Å²) < 4.78 is 3.02. The second-order valence-corrected chi connectivity index (χ2v) is 5.73. The van der Waals surface area contributed by atoms with Crippen LogP contribution in [0.5, 0.6) is 0 Å². The summed E-state index contributed by atoms with van der Waals surface area (Å²) in [5, 5.41) is 0.949. The minimum absolute atomic E-state index is 0.687. The van der Waals surface area contributed by atoms with Crippen molar-refractivity contribution in [1.82, 2.24) is 9.55 Å². The summed E-state index contributed by atoms with van der Waals surface area (Å²) in [7, 11) is 0. The Kier molecular flexibility index (Phi) is 2.80. The van der Waals surface area contributed by atoms with Crippen LogP contribution in [0.1, 0.15) is 10.5 Å². The van der Waals surface area contributed by atoms with Crippen LogP contribution in [0.25, 0.3) is 11.3 Å². The summed E-state index contributed by atoms with van der Waals surface area (Å²) in [6.07, 6.45) is 0.903. The lowest BCUT2D eigenvalue weighted by molar-refractivity contribution is 0.111. The number of rotatable bonds is 2. The normalized spacial score (nSPS) is 13.7. The van der Waals surface area contributed by atoms with Gasteiger partial charge in [0.05, 0.1) is 0 Å². The molecule has 0 saturated carbocycles. The predicted molar refractivity (Wildman–Crippen MR) is 71.5 cm³/mol. The highest BCUT2D eigenvalue weighted by molar-refractivity contribution is 9.10. The number of carbonyl (C=O) groups is 1. The second kappa shape index (κ2) is 4.31. The highest BCUT2D eigenvalue weighted by atomic mass is 79.9. The third-order valence-corrected chi connectivity index (χ3v) is 4.23. The zero-order chi connectivity index (χ0) is 11.8. The molecular formula is C12H9BrN2OS. The molecule has 17 heavy (non-hydrogen) atoms. The van der Waals surface area contributed by atoms with Gasteiger partial charge in [0.25, 0.3) is 0 Å². The topological polar surface area (TPSA) is 34.9 Å². The van der Waals surface area contributed by atoms with E-state index in [1.54, 1.807) is 11.8 Å². The Labute approximate surface area is 111 Å². The van der Waals surface area contributed by atoms with E-state index in [4.69, 9.17) is 0 Å². The highest BCUT2D eigenvalue weighted by Crippen LogP contribution is 2.32. The number of halogens is 1. The van der Waals surface area contributed by atoms with E-state index in [9.17, 15) is 4.79 Å². The summed E-state index contributed by atoms with van der Waals surface area (Å²) in [4.78, 5) is 15.7. The highest BCUT2D eigenvalue weighted by Gasteiger charge is 2.21. The first kappa shape index (κ1) is 11.0. The van der Waals surface area contributed by atoms with Crippen LogP contribution in [0.15, 0.2) is 33.9 Å². The van der Waals surface area contributed by atoms with Crippen molar-refractivity contribution in [3.05, 3.63) is 34.4 Å². The molecule has 3 nitrogen and oxygen atoms in total.